The van der Waals surface area contributed by atoms with E-state index in [-0.39, 0.29) is 0 Å². The molecule has 1 aromatic carbocycles. The average Bonchev–Trinajstić information content (AvgIpc) is 2.98. The first-order valence-electron chi connectivity index (χ1n) is 10.9. The minimum atomic E-state index is -0.876. The summed E-state index contributed by atoms with van der Waals surface area (Å²) in [5.74, 6) is -1.15. The lowest BCUT2D eigenvalue weighted by Gasteiger charge is -2.44. The fourth-order valence-corrected chi connectivity index (χ4v) is 4.65. The molecule has 0 amide bonds. The zero-order chi connectivity index (χ0) is 24.1. The van der Waals surface area contributed by atoms with Gasteiger partial charge in [-0.2, -0.15) is 0 Å². The molecule has 1 unspecified atom stereocenters. The van der Waals surface area contributed by atoms with Gasteiger partial charge in [-0.3, -0.25) is 4.79 Å². The number of rotatable bonds is 9. The van der Waals surface area contributed by atoms with Gasteiger partial charge in [0.15, 0.2) is 5.56 Å². The van der Waals surface area contributed by atoms with Gasteiger partial charge in [-0.25, -0.2) is 9.59 Å². The molecule has 1 aliphatic rings. The van der Waals surface area contributed by atoms with E-state index in [1.54, 1.807) is 17.2 Å². The van der Waals surface area contributed by atoms with E-state index >= 15 is 0 Å². The van der Waals surface area contributed by atoms with E-state index in [0.29, 0.717) is 31.2 Å². The van der Waals surface area contributed by atoms with Crippen LogP contribution in [0, 0.1) is 0 Å². The predicted molar refractivity (Wildman–Crippen MR) is 118 cm³/mol. The molecule has 32 heavy (non-hydrogen) atoms. The Hall–Kier alpha value is -2.32. The number of hydroxylamine groups is 2. The first-order chi connectivity index (χ1) is 15.1. The summed E-state index contributed by atoms with van der Waals surface area (Å²) >= 11 is 5.82. The van der Waals surface area contributed by atoms with Gasteiger partial charge in [-0.15, -0.1) is 5.06 Å². The van der Waals surface area contributed by atoms with Crippen molar-refractivity contribution in [2.45, 2.75) is 83.9 Å². The van der Waals surface area contributed by atoms with Crippen LogP contribution in [0.2, 0.25) is 0 Å². The van der Waals surface area contributed by atoms with Crippen LogP contribution >= 0.6 is 11.6 Å². The van der Waals surface area contributed by atoms with Crippen molar-refractivity contribution in [3.63, 3.8) is 0 Å². The predicted octanol–water partition coefficient (Wildman–Crippen LogP) is 5.36. The Morgan fingerprint density at radius 3 is 2.03 bits per heavy atom. The molecule has 0 bridgehead atoms. The number of carbonyl (C=O) groups is 3. The van der Waals surface area contributed by atoms with Crippen molar-refractivity contribution >= 4 is 29.7 Å². The second-order valence-corrected chi connectivity index (χ2v) is 8.33. The molecule has 1 aliphatic heterocycles. The summed E-state index contributed by atoms with van der Waals surface area (Å²) < 4.78 is 14.8. The molecular weight excluding hydrogens is 438 g/mol. The molecule has 0 radical (unpaired) electrons. The molecule has 2 rings (SSSR count). The molecule has 0 saturated carbocycles. The lowest BCUT2D eigenvalue weighted by Crippen LogP contribution is -2.51. The Morgan fingerprint density at radius 1 is 0.969 bits per heavy atom. The Bertz CT molecular complexity index is 847. The van der Waals surface area contributed by atoms with Gasteiger partial charge >= 0.3 is 18.1 Å². The van der Waals surface area contributed by atoms with Crippen LogP contribution in [0.25, 0.3) is 0 Å². The largest absolute Gasteiger partial charge is 0.529 e. The van der Waals surface area contributed by atoms with Gasteiger partial charge in [0.05, 0.1) is 16.6 Å². The highest BCUT2D eigenvalue weighted by Crippen LogP contribution is 2.56. The Labute approximate surface area is 194 Å². The second kappa shape index (κ2) is 10.5. The summed E-state index contributed by atoms with van der Waals surface area (Å²) in [5.41, 5.74) is 0.0795. The van der Waals surface area contributed by atoms with Crippen molar-refractivity contribution in [1.82, 2.24) is 5.06 Å². The summed E-state index contributed by atoms with van der Waals surface area (Å²) in [5, 5.41) is 1.74. The lowest BCUT2D eigenvalue weighted by molar-refractivity contribution is -0.251. The zero-order valence-corrected chi connectivity index (χ0v) is 20.3. The topological polar surface area (TPSA) is 91.4 Å². The van der Waals surface area contributed by atoms with Crippen LogP contribution in [0.5, 0.6) is 0 Å². The van der Waals surface area contributed by atoms with Crippen molar-refractivity contribution in [2.75, 3.05) is 6.79 Å². The molecule has 1 heterocycles. The van der Waals surface area contributed by atoms with Gasteiger partial charge in [0.2, 0.25) is 6.79 Å². The molecule has 0 aromatic heterocycles. The van der Waals surface area contributed by atoms with Crippen LogP contribution in [-0.4, -0.2) is 35.5 Å². The molecule has 0 N–H and O–H groups in total. The van der Waals surface area contributed by atoms with E-state index in [1.165, 1.54) is 13.8 Å². The van der Waals surface area contributed by atoms with Crippen molar-refractivity contribution in [1.29, 1.82) is 0 Å². The second-order valence-electron chi connectivity index (χ2n) is 7.72. The minimum Gasteiger partial charge on any atom is -0.428 e. The smallest absolute Gasteiger partial charge is 0.428 e. The maximum atomic E-state index is 12.5. The number of ether oxygens (including phenoxy) is 3. The SMILES string of the molecule is CCC1(CC)c2ccc(C(=O)OCOC(C)=O)cc2C(CC)(CC)N1OC(=O)OC(C)Cl. The molecule has 0 saturated heterocycles. The van der Waals surface area contributed by atoms with Gasteiger partial charge in [-0.1, -0.05) is 45.4 Å². The highest BCUT2D eigenvalue weighted by molar-refractivity contribution is 6.19. The number of hydrogen-bond acceptors (Lipinski definition) is 8. The normalized spacial score (nSPS) is 17.2. The monoisotopic (exact) mass is 469 g/mol. The van der Waals surface area contributed by atoms with E-state index in [0.717, 1.165) is 11.1 Å². The van der Waals surface area contributed by atoms with Crippen LogP contribution in [0.15, 0.2) is 18.2 Å². The van der Waals surface area contributed by atoms with Crippen LogP contribution in [-0.2, 0) is 34.9 Å². The quantitative estimate of drug-likeness (QED) is 0.271. The Balaban J connectivity index is 2.54. The Kier molecular flexibility index (Phi) is 8.54. The number of nitrogens with zero attached hydrogens (tertiary/aromatic N) is 1. The maximum absolute atomic E-state index is 12.5. The summed E-state index contributed by atoms with van der Waals surface area (Å²) in [6, 6.07) is 5.33. The van der Waals surface area contributed by atoms with Crippen molar-refractivity contribution in [2.24, 2.45) is 0 Å². The van der Waals surface area contributed by atoms with E-state index < -0.39 is 41.5 Å². The molecule has 0 fully saturated rings. The fourth-order valence-electron chi connectivity index (χ4n) is 4.58. The average molecular weight is 470 g/mol. The third-order valence-corrected chi connectivity index (χ3v) is 6.34. The summed E-state index contributed by atoms with van der Waals surface area (Å²) in [4.78, 5) is 41.7. The first-order valence-corrected chi connectivity index (χ1v) is 11.3. The highest BCUT2D eigenvalue weighted by Gasteiger charge is 2.58. The standard InChI is InChI=1S/C23H32ClNO7/c1-7-22(8-2)18-12-11-17(20(27)30-14-29-16(6)26)13-19(18)23(9-3,10-4)25(22)32-21(28)31-15(5)24/h11-13,15H,7-10,14H2,1-6H3. The van der Waals surface area contributed by atoms with E-state index in [1.807, 2.05) is 33.8 Å². The van der Waals surface area contributed by atoms with E-state index in [9.17, 15) is 14.4 Å². The fraction of sp³-hybridized carbons (Fsp3) is 0.609. The third kappa shape index (κ3) is 4.71. The molecule has 0 aliphatic carbocycles. The number of fused-ring (bicyclic) bond motifs is 1. The molecule has 1 aromatic rings. The number of alkyl halides is 1. The van der Waals surface area contributed by atoms with Crippen LogP contribution in [0.1, 0.15) is 88.7 Å². The van der Waals surface area contributed by atoms with Gasteiger partial charge in [0, 0.05) is 6.92 Å². The summed E-state index contributed by atoms with van der Waals surface area (Å²) in [7, 11) is 0. The number of halogens is 1. The van der Waals surface area contributed by atoms with Crippen LogP contribution in [0.3, 0.4) is 0 Å². The number of esters is 2. The van der Waals surface area contributed by atoms with E-state index in [4.69, 9.17) is 30.6 Å². The van der Waals surface area contributed by atoms with Crippen molar-refractivity contribution in [3.05, 3.63) is 34.9 Å². The van der Waals surface area contributed by atoms with Gasteiger partial charge in [0.1, 0.15) is 0 Å². The lowest BCUT2D eigenvalue weighted by atomic mass is 9.82. The van der Waals surface area contributed by atoms with Crippen LogP contribution in [0.4, 0.5) is 4.79 Å². The number of benzene rings is 1. The van der Waals surface area contributed by atoms with Gasteiger partial charge in [-0.05, 0) is 55.9 Å². The molecule has 0 spiro atoms. The third-order valence-electron chi connectivity index (χ3n) is 6.25. The Morgan fingerprint density at radius 2 is 1.53 bits per heavy atom. The van der Waals surface area contributed by atoms with E-state index in [2.05, 4.69) is 0 Å². The zero-order valence-electron chi connectivity index (χ0n) is 19.5. The first kappa shape index (κ1) is 25.9. The molecule has 8 nitrogen and oxygen atoms in total. The van der Waals surface area contributed by atoms with Crippen molar-refractivity contribution < 1.29 is 33.4 Å². The van der Waals surface area contributed by atoms with Gasteiger partial charge < -0.3 is 19.0 Å². The molecule has 1 atom stereocenters. The van der Waals surface area contributed by atoms with Gasteiger partial charge in [0.25, 0.3) is 0 Å². The summed E-state index contributed by atoms with van der Waals surface area (Å²) in [6.07, 6.45) is 1.69. The maximum Gasteiger partial charge on any atom is 0.529 e. The highest BCUT2D eigenvalue weighted by atomic mass is 35.5. The minimum absolute atomic E-state index is 0.321. The van der Waals surface area contributed by atoms with Crippen LogP contribution < -0.4 is 0 Å². The molecule has 9 heteroatoms. The number of hydrogen-bond donors (Lipinski definition) is 0. The molecular formula is C23H32ClNO7. The van der Waals surface area contributed by atoms with Crippen molar-refractivity contribution in [3.8, 4) is 0 Å². The molecule has 178 valence electrons. The summed E-state index contributed by atoms with van der Waals surface area (Å²) in [6.45, 7) is 10.4. The number of carbonyl (C=O) groups excluding carboxylic acids is 3.